The minimum Gasteiger partial charge on any atom is -0.272 e. The Kier molecular flexibility index (Phi) is 3.15. The molecular formula is C15H23N3O2S. The van der Waals surface area contributed by atoms with Gasteiger partial charge in [-0.3, -0.25) is 4.68 Å². The van der Waals surface area contributed by atoms with E-state index in [-0.39, 0.29) is 6.04 Å². The SMILES string of the molecule is CCn1cc(S(=O)(=O)NC2C3CC4CC(C3)CC2C4)cn1. The lowest BCUT2D eigenvalue weighted by Gasteiger charge is -2.54. The molecule has 5 rings (SSSR count). The van der Waals surface area contributed by atoms with E-state index in [9.17, 15) is 8.42 Å². The van der Waals surface area contributed by atoms with Gasteiger partial charge in [0.05, 0.1) is 6.20 Å². The van der Waals surface area contributed by atoms with Crippen LogP contribution in [0.1, 0.15) is 39.0 Å². The largest absolute Gasteiger partial charge is 0.272 e. The number of sulfonamides is 1. The molecule has 21 heavy (non-hydrogen) atoms. The number of aromatic nitrogens is 2. The lowest BCUT2D eigenvalue weighted by Crippen LogP contribution is -2.55. The average molecular weight is 309 g/mol. The summed E-state index contributed by atoms with van der Waals surface area (Å²) in [5, 5.41) is 4.08. The number of rotatable bonds is 4. The molecule has 0 radical (unpaired) electrons. The second kappa shape index (κ2) is 4.81. The molecule has 0 spiro atoms. The van der Waals surface area contributed by atoms with Gasteiger partial charge in [0.1, 0.15) is 4.90 Å². The maximum atomic E-state index is 12.6. The van der Waals surface area contributed by atoms with E-state index in [1.165, 1.54) is 38.3 Å². The van der Waals surface area contributed by atoms with Crippen molar-refractivity contribution in [3.8, 4) is 0 Å². The van der Waals surface area contributed by atoms with E-state index >= 15 is 0 Å². The summed E-state index contributed by atoms with van der Waals surface area (Å²) >= 11 is 0. The van der Waals surface area contributed by atoms with Crippen LogP contribution in [0.3, 0.4) is 0 Å². The molecule has 4 aliphatic rings. The van der Waals surface area contributed by atoms with E-state index in [0.717, 1.165) is 11.8 Å². The summed E-state index contributed by atoms with van der Waals surface area (Å²) in [6.07, 6.45) is 9.34. The molecule has 0 atom stereocenters. The van der Waals surface area contributed by atoms with Crippen molar-refractivity contribution < 1.29 is 8.42 Å². The Morgan fingerprint density at radius 2 is 1.81 bits per heavy atom. The number of nitrogens with zero attached hydrogens (tertiary/aromatic N) is 2. The first-order valence-corrected chi connectivity index (χ1v) is 9.58. The van der Waals surface area contributed by atoms with E-state index in [0.29, 0.717) is 23.3 Å². The third-order valence-corrected chi connectivity index (χ3v) is 7.18. The number of nitrogens with one attached hydrogen (secondary N) is 1. The van der Waals surface area contributed by atoms with Crippen LogP contribution in [-0.2, 0) is 16.6 Å². The van der Waals surface area contributed by atoms with Crippen molar-refractivity contribution in [1.82, 2.24) is 14.5 Å². The summed E-state index contributed by atoms with van der Waals surface area (Å²) < 4.78 is 29.8. The van der Waals surface area contributed by atoms with Gasteiger partial charge in [-0.1, -0.05) is 0 Å². The summed E-state index contributed by atoms with van der Waals surface area (Å²) in [4.78, 5) is 0.304. The highest BCUT2D eigenvalue weighted by Gasteiger charge is 2.49. The quantitative estimate of drug-likeness (QED) is 0.925. The first-order chi connectivity index (χ1) is 10.0. The third-order valence-electron chi connectivity index (χ3n) is 5.76. The molecular weight excluding hydrogens is 286 g/mol. The van der Waals surface area contributed by atoms with Crippen LogP contribution in [0.4, 0.5) is 0 Å². The molecule has 6 heteroatoms. The molecule has 0 aliphatic heterocycles. The standard InChI is InChI=1S/C15H23N3O2S/c1-2-18-9-14(8-16-18)21(19,20)17-15-12-4-10-3-11(6-12)7-13(15)5-10/h8-13,15,17H,2-7H2,1H3. The summed E-state index contributed by atoms with van der Waals surface area (Å²) in [5.41, 5.74) is 0. The van der Waals surface area contributed by atoms with Gasteiger partial charge >= 0.3 is 0 Å². The fourth-order valence-electron chi connectivity index (χ4n) is 5.02. The van der Waals surface area contributed by atoms with Gasteiger partial charge in [0.2, 0.25) is 10.0 Å². The van der Waals surface area contributed by atoms with Crippen molar-refractivity contribution in [2.75, 3.05) is 0 Å². The number of aryl methyl sites for hydroxylation is 1. The molecule has 1 heterocycles. The summed E-state index contributed by atoms with van der Waals surface area (Å²) in [6.45, 7) is 2.64. The maximum absolute atomic E-state index is 12.6. The first-order valence-electron chi connectivity index (χ1n) is 8.10. The molecule has 4 aliphatic carbocycles. The lowest BCUT2D eigenvalue weighted by molar-refractivity contribution is -0.00557. The molecule has 0 unspecified atom stereocenters. The first kappa shape index (κ1) is 13.8. The second-order valence-electron chi connectivity index (χ2n) is 7.11. The molecule has 116 valence electrons. The third kappa shape index (κ3) is 2.32. The summed E-state index contributed by atoms with van der Waals surface area (Å²) in [5.74, 6) is 2.82. The number of hydrogen-bond acceptors (Lipinski definition) is 3. The van der Waals surface area contributed by atoms with Crippen LogP contribution in [0.25, 0.3) is 0 Å². The zero-order chi connectivity index (χ0) is 14.6. The van der Waals surface area contributed by atoms with Crippen LogP contribution in [0.5, 0.6) is 0 Å². The van der Waals surface area contributed by atoms with Crippen molar-refractivity contribution in [2.24, 2.45) is 23.7 Å². The monoisotopic (exact) mass is 309 g/mol. The van der Waals surface area contributed by atoms with Gasteiger partial charge in [0, 0.05) is 18.8 Å². The predicted molar refractivity (Wildman–Crippen MR) is 79.1 cm³/mol. The van der Waals surface area contributed by atoms with Gasteiger partial charge in [0.15, 0.2) is 0 Å². The zero-order valence-corrected chi connectivity index (χ0v) is 13.2. The fraction of sp³-hybridized carbons (Fsp3) is 0.800. The Morgan fingerprint density at radius 3 is 2.33 bits per heavy atom. The van der Waals surface area contributed by atoms with Crippen molar-refractivity contribution in [2.45, 2.75) is 56.5 Å². The van der Waals surface area contributed by atoms with Crippen molar-refractivity contribution in [1.29, 1.82) is 0 Å². The Labute approximate surface area is 126 Å². The van der Waals surface area contributed by atoms with Crippen LogP contribution in [0.15, 0.2) is 17.3 Å². The van der Waals surface area contributed by atoms with E-state index in [4.69, 9.17) is 0 Å². The van der Waals surface area contributed by atoms with Crippen LogP contribution in [-0.4, -0.2) is 24.2 Å². The predicted octanol–water partition coefficient (Wildman–Crippen LogP) is 2.01. The highest BCUT2D eigenvalue weighted by molar-refractivity contribution is 7.89. The molecule has 1 aromatic heterocycles. The van der Waals surface area contributed by atoms with Crippen LogP contribution >= 0.6 is 0 Å². The van der Waals surface area contributed by atoms with Gasteiger partial charge < -0.3 is 0 Å². The van der Waals surface area contributed by atoms with Gasteiger partial charge in [-0.05, 0) is 62.7 Å². The molecule has 5 nitrogen and oxygen atoms in total. The van der Waals surface area contributed by atoms with Crippen LogP contribution in [0.2, 0.25) is 0 Å². The van der Waals surface area contributed by atoms with Crippen molar-refractivity contribution >= 4 is 10.0 Å². The molecule has 4 fully saturated rings. The van der Waals surface area contributed by atoms with Gasteiger partial charge in [-0.2, -0.15) is 5.10 Å². The summed E-state index contributed by atoms with van der Waals surface area (Å²) in [7, 11) is -3.43. The minimum absolute atomic E-state index is 0.146. The summed E-state index contributed by atoms with van der Waals surface area (Å²) in [6, 6.07) is 0.146. The highest BCUT2D eigenvalue weighted by Crippen LogP contribution is 2.53. The second-order valence-corrected chi connectivity index (χ2v) is 8.82. The smallest absolute Gasteiger partial charge is 0.243 e. The lowest BCUT2D eigenvalue weighted by atomic mass is 9.54. The molecule has 1 aromatic rings. The topological polar surface area (TPSA) is 64.0 Å². The van der Waals surface area contributed by atoms with Crippen LogP contribution in [0, 0.1) is 23.7 Å². The Morgan fingerprint density at radius 1 is 1.19 bits per heavy atom. The van der Waals surface area contributed by atoms with E-state index in [1.807, 2.05) is 6.92 Å². The van der Waals surface area contributed by atoms with Gasteiger partial charge in [-0.25, -0.2) is 13.1 Å². The Bertz CT molecular complexity index is 609. The van der Waals surface area contributed by atoms with Crippen LogP contribution < -0.4 is 4.72 Å². The normalized spacial score (nSPS) is 38.0. The van der Waals surface area contributed by atoms with Crippen molar-refractivity contribution in [3.05, 3.63) is 12.4 Å². The molecule has 4 bridgehead atoms. The maximum Gasteiger partial charge on any atom is 0.243 e. The molecule has 0 aromatic carbocycles. The molecule has 0 amide bonds. The van der Waals surface area contributed by atoms with Gasteiger partial charge in [0.25, 0.3) is 0 Å². The fourth-order valence-corrected chi connectivity index (χ4v) is 6.35. The van der Waals surface area contributed by atoms with Gasteiger partial charge in [-0.15, -0.1) is 0 Å². The number of hydrogen-bond donors (Lipinski definition) is 1. The average Bonchev–Trinajstić information content (AvgIpc) is 2.92. The Hall–Kier alpha value is -0.880. The molecule has 4 saturated carbocycles. The zero-order valence-electron chi connectivity index (χ0n) is 12.4. The molecule has 0 saturated heterocycles. The molecule has 1 N–H and O–H groups in total. The van der Waals surface area contributed by atoms with E-state index in [2.05, 4.69) is 9.82 Å². The Balaban J connectivity index is 1.55. The van der Waals surface area contributed by atoms with E-state index < -0.39 is 10.0 Å². The highest BCUT2D eigenvalue weighted by atomic mass is 32.2. The van der Waals surface area contributed by atoms with E-state index in [1.54, 1.807) is 10.9 Å². The minimum atomic E-state index is -3.43. The van der Waals surface area contributed by atoms with Crippen molar-refractivity contribution in [3.63, 3.8) is 0 Å².